The molecule has 0 spiro atoms. The summed E-state index contributed by atoms with van der Waals surface area (Å²) < 4.78 is 21.8. The van der Waals surface area contributed by atoms with Crippen LogP contribution in [0.5, 0.6) is 5.75 Å². The number of rotatable bonds is 8. The van der Waals surface area contributed by atoms with Crippen LogP contribution in [0.15, 0.2) is 41.2 Å². The van der Waals surface area contributed by atoms with Crippen LogP contribution in [0.3, 0.4) is 0 Å². The smallest absolute Gasteiger partial charge is 0.341 e. The predicted octanol–water partition coefficient (Wildman–Crippen LogP) is 4.43. The predicted molar refractivity (Wildman–Crippen MR) is 117 cm³/mol. The molecule has 1 atom stereocenters. The topological polar surface area (TPSA) is 88.8 Å². The summed E-state index contributed by atoms with van der Waals surface area (Å²) in [6.45, 7) is 1.63. The summed E-state index contributed by atoms with van der Waals surface area (Å²) in [4.78, 5) is 25.4. The molecule has 0 bridgehead atoms. The van der Waals surface area contributed by atoms with E-state index in [0.29, 0.717) is 24.1 Å². The number of ether oxygens (including phenoxy) is 1. The number of carboxylic acid groups (broad SMARTS) is 1. The van der Waals surface area contributed by atoms with Crippen LogP contribution in [0, 0.1) is 5.82 Å². The number of aromatic carboxylic acids is 1. The molecule has 6 nitrogen and oxygen atoms in total. The largest absolute Gasteiger partial charge is 0.495 e. The fourth-order valence-corrected chi connectivity index (χ4v) is 4.13. The Hall–Kier alpha value is -2.90. The van der Waals surface area contributed by atoms with Gasteiger partial charge in [-0.25, -0.2) is 9.18 Å². The van der Waals surface area contributed by atoms with Gasteiger partial charge in [0, 0.05) is 12.1 Å². The number of benzene rings is 2. The van der Waals surface area contributed by atoms with E-state index in [-0.39, 0.29) is 34.7 Å². The van der Waals surface area contributed by atoms with Gasteiger partial charge < -0.3 is 19.5 Å². The monoisotopic (exact) mass is 447 g/mol. The fourth-order valence-electron chi connectivity index (χ4n) is 3.94. The van der Waals surface area contributed by atoms with Gasteiger partial charge in [-0.05, 0) is 30.2 Å². The zero-order valence-corrected chi connectivity index (χ0v) is 17.9. The molecule has 0 aliphatic carbocycles. The molecule has 0 aliphatic rings. The molecular formula is C23H23ClFNO5. The Labute approximate surface area is 183 Å². The lowest BCUT2D eigenvalue weighted by Crippen LogP contribution is -2.28. The van der Waals surface area contributed by atoms with E-state index >= 15 is 0 Å². The normalized spacial score (nSPS) is 12.2. The lowest BCUT2D eigenvalue weighted by atomic mass is 9.98. The third kappa shape index (κ3) is 4.16. The van der Waals surface area contributed by atoms with Crippen molar-refractivity contribution in [3.8, 4) is 5.75 Å². The number of fused-ring (bicyclic) bond motifs is 1. The Morgan fingerprint density at radius 3 is 2.58 bits per heavy atom. The molecule has 8 heteroatoms. The molecule has 0 saturated heterocycles. The van der Waals surface area contributed by atoms with Crippen molar-refractivity contribution in [1.82, 2.24) is 4.57 Å². The molecule has 0 saturated carbocycles. The van der Waals surface area contributed by atoms with Crippen molar-refractivity contribution in [2.75, 3.05) is 13.7 Å². The van der Waals surface area contributed by atoms with Crippen LogP contribution in [0.1, 0.15) is 47.4 Å². The first kappa shape index (κ1) is 22.8. The summed E-state index contributed by atoms with van der Waals surface area (Å²) in [5, 5.41) is 20.1. The number of para-hydroxylation sites is 1. The summed E-state index contributed by atoms with van der Waals surface area (Å²) in [6.07, 6.45) is 1.01. The van der Waals surface area contributed by atoms with Gasteiger partial charge in [0.1, 0.15) is 17.1 Å². The standard InChI is InChI=1S/C23H23ClFNO5/c1-3-6-14(12-27)26-17(11-13-7-4-9-16(24)20(13)25)19(23(29)30)22(28)15-8-5-10-18(31-2)21(15)26/h4-5,7-10,14,27H,3,6,11-12H2,1-2H3,(H,29,30). The lowest BCUT2D eigenvalue weighted by molar-refractivity contribution is 0.0692. The summed E-state index contributed by atoms with van der Waals surface area (Å²) in [5.74, 6) is -1.75. The van der Waals surface area contributed by atoms with Crippen LogP contribution in [0.4, 0.5) is 4.39 Å². The number of pyridine rings is 1. The second kappa shape index (κ2) is 9.49. The van der Waals surface area contributed by atoms with Crippen molar-refractivity contribution in [3.63, 3.8) is 0 Å². The summed E-state index contributed by atoms with van der Waals surface area (Å²) in [5.41, 5.74) is -0.559. The molecule has 0 fully saturated rings. The van der Waals surface area contributed by atoms with Crippen LogP contribution in [-0.2, 0) is 6.42 Å². The minimum Gasteiger partial charge on any atom is -0.495 e. The molecule has 1 aromatic heterocycles. The highest BCUT2D eigenvalue weighted by Crippen LogP contribution is 2.32. The van der Waals surface area contributed by atoms with E-state index in [4.69, 9.17) is 16.3 Å². The Morgan fingerprint density at radius 2 is 1.97 bits per heavy atom. The molecular weight excluding hydrogens is 425 g/mol. The van der Waals surface area contributed by atoms with E-state index < -0.39 is 28.8 Å². The van der Waals surface area contributed by atoms with Gasteiger partial charge in [0.25, 0.3) is 0 Å². The number of hydrogen-bond donors (Lipinski definition) is 2. The quantitative estimate of drug-likeness (QED) is 0.533. The third-order valence-electron chi connectivity index (χ3n) is 5.31. The van der Waals surface area contributed by atoms with Gasteiger partial charge in [0.05, 0.1) is 35.7 Å². The molecule has 0 aliphatic heterocycles. The first-order valence-electron chi connectivity index (χ1n) is 9.86. The number of carbonyl (C=O) groups is 1. The van der Waals surface area contributed by atoms with Crippen molar-refractivity contribution in [2.45, 2.75) is 32.2 Å². The van der Waals surface area contributed by atoms with Gasteiger partial charge in [0.2, 0.25) is 5.43 Å². The molecule has 3 rings (SSSR count). The van der Waals surface area contributed by atoms with E-state index in [1.807, 2.05) is 6.92 Å². The average molecular weight is 448 g/mol. The number of hydrogen-bond acceptors (Lipinski definition) is 4. The SMILES string of the molecule is CCCC(CO)n1c(Cc2cccc(Cl)c2F)c(C(=O)O)c(=O)c2cccc(OC)c21. The third-order valence-corrected chi connectivity index (χ3v) is 5.60. The minimum atomic E-state index is -1.42. The molecule has 3 aromatic rings. The Balaban J connectivity index is 2.50. The van der Waals surface area contributed by atoms with Crippen molar-refractivity contribution >= 4 is 28.5 Å². The molecule has 164 valence electrons. The Kier molecular flexibility index (Phi) is 6.97. The van der Waals surface area contributed by atoms with E-state index in [0.717, 1.165) is 0 Å². The number of halogens is 2. The molecule has 1 heterocycles. The van der Waals surface area contributed by atoms with Crippen LogP contribution < -0.4 is 10.2 Å². The van der Waals surface area contributed by atoms with Crippen LogP contribution in [0.2, 0.25) is 5.02 Å². The van der Waals surface area contributed by atoms with E-state index in [1.165, 1.54) is 25.3 Å². The lowest BCUT2D eigenvalue weighted by Gasteiger charge is -2.27. The highest BCUT2D eigenvalue weighted by molar-refractivity contribution is 6.30. The highest BCUT2D eigenvalue weighted by atomic mass is 35.5. The van der Waals surface area contributed by atoms with Gasteiger partial charge in [0.15, 0.2) is 0 Å². The first-order chi connectivity index (χ1) is 14.8. The Bertz CT molecular complexity index is 1190. The molecule has 0 radical (unpaired) electrons. The average Bonchev–Trinajstić information content (AvgIpc) is 2.75. The van der Waals surface area contributed by atoms with E-state index in [9.17, 15) is 24.2 Å². The second-order valence-corrected chi connectivity index (χ2v) is 7.60. The number of carboxylic acids is 1. The summed E-state index contributed by atoms with van der Waals surface area (Å²) in [7, 11) is 1.44. The Morgan fingerprint density at radius 1 is 1.26 bits per heavy atom. The van der Waals surface area contributed by atoms with Gasteiger partial charge in [-0.15, -0.1) is 0 Å². The number of aromatic nitrogens is 1. The second-order valence-electron chi connectivity index (χ2n) is 7.20. The van der Waals surface area contributed by atoms with Crippen molar-refractivity contribution in [2.24, 2.45) is 0 Å². The van der Waals surface area contributed by atoms with Gasteiger partial charge in [-0.1, -0.05) is 43.1 Å². The zero-order chi connectivity index (χ0) is 22.7. The van der Waals surface area contributed by atoms with Crippen LogP contribution >= 0.6 is 11.6 Å². The van der Waals surface area contributed by atoms with Gasteiger partial charge >= 0.3 is 5.97 Å². The maximum Gasteiger partial charge on any atom is 0.341 e. The molecule has 31 heavy (non-hydrogen) atoms. The van der Waals surface area contributed by atoms with Crippen LogP contribution in [-0.4, -0.2) is 34.5 Å². The number of nitrogens with zero attached hydrogens (tertiary/aromatic N) is 1. The molecule has 1 unspecified atom stereocenters. The van der Waals surface area contributed by atoms with Gasteiger partial charge in [-0.2, -0.15) is 0 Å². The maximum absolute atomic E-state index is 14.7. The number of methoxy groups -OCH3 is 1. The van der Waals surface area contributed by atoms with Crippen molar-refractivity contribution < 1.29 is 24.1 Å². The molecule has 2 aromatic carbocycles. The first-order valence-corrected chi connectivity index (χ1v) is 10.2. The molecule has 0 amide bonds. The fraction of sp³-hybridized carbons (Fsp3) is 0.304. The van der Waals surface area contributed by atoms with E-state index in [2.05, 4.69) is 0 Å². The van der Waals surface area contributed by atoms with Crippen molar-refractivity contribution in [3.05, 3.63) is 74.3 Å². The number of aliphatic hydroxyl groups excluding tert-OH is 1. The van der Waals surface area contributed by atoms with Crippen molar-refractivity contribution in [1.29, 1.82) is 0 Å². The minimum absolute atomic E-state index is 0.0863. The molecule has 2 N–H and O–H groups in total. The van der Waals surface area contributed by atoms with Gasteiger partial charge in [-0.3, -0.25) is 4.79 Å². The van der Waals surface area contributed by atoms with E-state index in [1.54, 1.807) is 22.8 Å². The summed E-state index contributed by atoms with van der Waals surface area (Å²) >= 11 is 5.92. The van der Waals surface area contributed by atoms with Crippen LogP contribution in [0.25, 0.3) is 10.9 Å². The number of aliphatic hydroxyl groups is 1. The summed E-state index contributed by atoms with van der Waals surface area (Å²) in [6, 6.07) is 8.67. The highest BCUT2D eigenvalue weighted by Gasteiger charge is 2.27. The maximum atomic E-state index is 14.7. The zero-order valence-electron chi connectivity index (χ0n) is 17.2.